The monoisotopic (exact) mass is 333 g/mol. The molecule has 25 heavy (non-hydrogen) atoms. The Labute approximate surface area is 149 Å². The molecular formula is C22H25N2O+. The van der Waals surface area contributed by atoms with Gasteiger partial charge in [0.2, 0.25) is 0 Å². The van der Waals surface area contributed by atoms with E-state index in [1.165, 1.54) is 26.8 Å². The second-order valence-electron chi connectivity index (χ2n) is 6.58. The van der Waals surface area contributed by atoms with E-state index < -0.39 is 0 Å². The molecule has 0 aliphatic carbocycles. The molecule has 1 atom stereocenters. The van der Waals surface area contributed by atoms with Gasteiger partial charge in [0.25, 0.3) is 5.91 Å². The van der Waals surface area contributed by atoms with Crippen LogP contribution in [-0.2, 0) is 17.8 Å². The van der Waals surface area contributed by atoms with Crippen molar-refractivity contribution in [1.82, 2.24) is 5.32 Å². The average Bonchev–Trinajstić information content (AvgIpc) is 2.62. The van der Waals surface area contributed by atoms with E-state index >= 15 is 0 Å². The highest BCUT2D eigenvalue weighted by Crippen LogP contribution is 2.14. The van der Waals surface area contributed by atoms with Crippen LogP contribution >= 0.6 is 0 Å². The Hall–Kier alpha value is -2.65. The highest BCUT2D eigenvalue weighted by Gasteiger charge is 2.10. The lowest BCUT2D eigenvalue weighted by Gasteiger charge is -2.14. The van der Waals surface area contributed by atoms with Crippen molar-refractivity contribution in [3.63, 3.8) is 0 Å². The Kier molecular flexibility index (Phi) is 5.81. The van der Waals surface area contributed by atoms with E-state index in [1.54, 1.807) is 0 Å². The van der Waals surface area contributed by atoms with Gasteiger partial charge in [-0.1, -0.05) is 66.7 Å². The van der Waals surface area contributed by atoms with Crippen LogP contribution in [-0.4, -0.2) is 26.0 Å². The summed E-state index contributed by atoms with van der Waals surface area (Å²) < 4.78 is 0. The maximum Gasteiger partial charge on any atom is 0.275 e. The minimum absolute atomic E-state index is 0.106. The Morgan fingerprint density at radius 2 is 1.60 bits per heavy atom. The van der Waals surface area contributed by atoms with E-state index in [1.807, 2.05) is 18.2 Å². The van der Waals surface area contributed by atoms with E-state index in [2.05, 4.69) is 67.0 Å². The summed E-state index contributed by atoms with van der Waals surface area (Å²) in [7, 11) is 2.06. The van der Waals surface area contributed by atoms with Crippen molar-refractivity contribution >= 4 is 16.7 Å². The first-order chi connectivity index (χ1) is 12.2. The molecule has 1 amide bonds. The maximum absolute atomic E-state index is 12.1. The van der Waals surface area contributed by atoms with E-state index in [9.17, 15) is 4.79 Å². The van der Waals surface area contributed by atoms with Crippen LogP contribution in [0.5, 0.6) is 0 Å². The number of rotatable bonds is 7. The number of benzene rings is 3. The zero-order chi connectivity index (χ0) is 17.5. The smallest absolute Gasteiger partial charge is 0.275 e. The lowest BCUT2D eigenvalue weighted by molar-refractivity contribution is -0.885. The lowest BCUT2D eigenvalue weighted by Crippen LogP contribution is -3.08. The van der Waals surface area contributed by atoms with E-state index in [0.717, 1.165) is 13.0 Å². The van der Waals surface area contributed by atoms with Gasteiger partial charge in [-0.3, -0.25) is 4.79 Å². The third-order valence-corrected chi connectivity index (χ3v) is 4.36. The molecule has 3 aromatic carbocycles. The molecule has 0 saturated carbocycles. The third-order valence-electron chi connectivity index (χ3n) is 4.36. The molecule has 0 spiro atoms. The zero-order valence-electron chi connectivity index (χ0n) is 14.7. The van der Waals surface area contributed by atoms with Crippen molar-refractivity contribution in [3.8, 4) is 0 Å². The summed E-state index contributed by atoms with van der Waals surface area (Å²) in [6, 6.07) is 25.1. The van der Waals surface area contributed by atoms with Gasteiger partial charge in [0.05, 0.1) is 7.05 Å². The molecule has 3 aromatic rings. The summed E-state index contributed by atoms with van der Waals surface area (Å²) in [5.74, 6) is 0.106. The number of quaternary nitrogens is 1. The molecule has 3 nitrogen and oxygen atoms in total. The molecule has 0 aromatic heterocycles. The molecule has 0 fully saturated rings. The molecular weight excluding hydrogens is 308 g/mol. The average molecular weight is 333 g/mol. The van der Waals surface area contributed by atoms with E-state index in [0.29, 0.717) is 13.1 Å². The fourth-order valence-corrected chi connectivity index (χ4v) is 3.09. The van der Waals surface area contributed by atoms with Crippen LogP contribution in [0.3, 0.4) is 0 Å². The van der Waals surface area contributed by atoms with Gasteiger partial charge in [0.15, 0.2) is 6.54 Å². The molecule has 128 valence electrons. The molecule has 3 heteroatoms. The summed E-state index contributed by atoms with van der Waals surface area (Å²) in [6.45, 7) is 2.02. The number of hydrogen-bond donors (Lipinski definition) is 2. The van der Waals surface area contributed by atoms with Crippen LogP contribution in [0.15, 0.2) is 72.8 Å². The standard InChI is InChI=1S/C22H24N2O/c1-24(16-19-11-12-20-9-5-6-10-21(20)15-19)17-22(25)23-14-13-18-7-3-2-4-8-18/h2-12,15H,13-14,16-17H2,1H3,(H,23,25)/p+1. The quantitative estimate of drug-likeness (QED) is 0.683. The second-order valence-corrected chi connectivity index (χ2v) is 6.58. The van der Waals surface area contributed by atoms with Crippen LogP contribution in [0, 0.1) is 0 Å². The predicted molar refractivity (Wildman–Crippen MR) is 103 cm³/mol. The minimum Gasteiger partial charge on any atom is -0.351 e. The van der Waals surface area contributed by atoms with Crippen LogP contribution in [0.4, 0.5) is 0 Å². The Morgan fingerprint density at radius 1 is 0.880 bits per heavy atom. The van der Waals surface area contributed by atoms with E-state index in [4.69, 9.17) is 0 Å². The van der Waals surface area contributed by atoms with Gasteiger partial charge in [-0.25, -0.2) is 0 Å². The molecule has 1 unspecified atom stereocenters. The van der Waals surface area contributed by atoms with Crippen LogP contribution in [0.2, 0.25) is 0 Å². The summed E-state index contributed by atoms with van der Waals surface area (Å²) >= 11 is 0. The highest BCUT2D eigenvalue weighted by atomic mass is 16.2. The predicted octanol–water partition coefficient (Wildman–Crippen LogP) is 2.21. The molecule has 3 rings (SSSR count). The fourth-order valence-electron chi connectivity index (χ4n) is 3.09. The van der Waals surface area contributed by atoms with Gasteiger partial charge in [-0.2, -0.15) is 0 Å². The van der Waals surface area contributed by atoms with Crippen LogP contribution < -0.4 is 10.2 Å². The molecule has 0 saturated heterocycles. The largest absolute Gasteiger partial charge is 0.351 e. The highest BCUT2D eigenvalue weighted by molar-refractivity contribution is 5.83. The number of nitrogens with one attached hydrogen (secondary N) is 2. The van der Waals surface area contributed by atoms with Gasteiger partial charge in [0.1, 0.15) is 6.54 Å². The van der Waals surface area contributed by atoms with Crippen molar-refractivity contribution in [3.05, 3.63) is 83.9 Å². The zero-order valence-corrected chi connectivity index (χ0v) is 14.7. The Morgan fingerprint density at radius 3 is 2.40 bits per heavy atom. The van der Waals surface area contributed by atoms with Crippen molar-refractivity contribution in [2.75, 3.05) is 20.1 Å². The summed E-state index contributed by atoms with van der Waals surface area (Å²) in [4.78, 5) is 13.3. The molecule has 0 heterocycles. The number of hydrogen-bond acceptors (Lipinski definition) is 1. The third kappa shape index (κ3) is 5.16. The van der Waals surface area contributed by atoms with E-state index in [-0.39, 0.29) is 5.91 Å². The second kappa shape index (κ2) is 8.45. The number of likely N-dealkylation sites (N-methyl/N-ethyl adjacent to an activating group) is 1. The van der Waals surface area contributed by atoms with Gasteiger partial charge >= 0.3 is 0 Å². The first kappa shape index (κ1) is 17.2. The molecule has 0 bridgehead atoms. The lowest BCUT2D eigenvalue weighted by atomic mass is 10.1. The fraction of sp³-hybridized carbons (Fsp3) is 0.227. The number of carbonyl (C=O) groups is 1. The first-order valence-corrected chi connectivity index (χ1v) is 8.80. The first-order valence-electron chi connectivity index (χ1n) is 8.80. The van der Waals surface area contributed by atoms with Crippen molar-refractivity contribution in [2.24, 2.45) is 0 Å². The Bertz CT molecular complexity index is 830. The van der Waals surface area contributed by atoms with Crippen LogP contribution in [0.1, 0.15) is 11.1 Å². The topological polar surface area (TPSA) is 33.5 Å². The SMILES string of the molecule is C[NH+](CC(=O)NCCc1ccccc1)Cc1ccc2ccccc2c1. The van der Waals surface area contributed by atoms with Crippen molar-refractivity contribution in [1.29, 1.82) is 0 Å². The number of amides is 1. The molecule has 0 aliphatic heterocycles. The normalized spacial score (nSPS) is 12.0. The minimum atomic E-state index is 0.106. The van der Waals surface area contributed by atoms with Gasteiger partial charge < -0.3 is 10.2 Å². The number of fused-ring (bicyclic) bond motifs is 1. The van der Waals surface area contributed by atoms with Crippen molar-refractivity contribution < 1.29 is 9.69 Å². The summed E-state index contributed by atoms with van der Waals surface area (Å²) in [5.41, 5.74) is 2.51. The van der Waals surface area contributed by atoms with Gasteiger partial charge in [-0.05, 0) is 28.8 Å². The van der Waals surface area contributed by atoms with Crippen molar-refractivity contribution in [2.45, 2.75) is 13.0 Å². The molecule has 0 aliphatic rings. The Balaban J connectivity index is 1.46. The summed E-state index contributed by atoms with van der Waals surface area (Å²) in [6.07, 6.45) is 0.871. The number of carbonyl (C=O) groups excluding carboxylic acids is 1. The summed E-state index contributed by atoms with van der Waals surface area (Å²) in [5, 5.41) is 5.52. The molecule has 2 N–H and O–H groups in total. The maximum atomic E-state index is 12.1. The van der Waals surface area contributed by atoms with Gasteiger partial charge in [-0.15, -0.1) is 0 Å². The van der Waals surface area contributed by atoms with Gasteiger partial charge in [0, 0.05) is 12.1 Å². The molecule has 0 radical (unpaired) electrons. The van der Waals surface area contributed by atoms with Crippen LogP contribution in [0.25, 0.3) is 10.8 Å².